The number of amides is 3. The predicted octanol–water partition coefficient (Wildman–Crippen LogP) is 5.69. The Hall–Kier alpha value is -3.91. The molecule has 8 nitrogen and oxygen atoms in total. The van der Waals surface area contributed by atoms with Crippen molar-refractivity contribution < 1.29 is 19.1 Å². The summed E-state index contributed by atoms with van der Waals surface area (Å²) in [6, 6.07) is 18.4. The maximum absolute atomic E-state index is 13.9. The molecule has 1 aliphatic carbocycles. The molecule has 0 radical (unpaired) electrons. The molecule has 2 N–H and O–H groups in total. The Morgan fingerprint density at radius 1 is 1.00 bits per heavy atom. The standard InChI is InChI=1S/C30H33ClN4O4/c1-39-25-12-5-4-11-24(25)35(28(37)15-8-14-27(36)34-26-13-6-7-20-32-26)29(21-16-18-22(31)19-17-21)30(38)33-23-9-2-3-10-23/h4-7,11-13,16-20,23,29H,2-3,8-10,14-15H2,1H3,(H,33,38)(H,32,34,36). The van der Waals surface area contributed by atoms with Gasteiger partial charge in [0.2, 0.25) is 17.7 Å². The van der Waals surface area contributed by atoms with E-state index in [4.69, 9.17) is 16.3 Å². The van der Waals surface area contributed by atoms with E-state index in [-0.39, 0.29) is 36.6 Å². The molecule has 1 saturated carbocycles. The van der Waals surface area contributed by atoms with Crippen molar-refractivity contribution in [3.05, 3.63) is 83.5 Å². The van der Waals surface area contributed by atoms with Crippen molar-refractivity contribution in [1.82, 2.24) is 10.3 Å². The van der Waals surface area contributed by atoms with Crippen LogP contribution in [0.25, 0.3) is 0 Å². The SMILES string of the molecule is COc1ccccc1N(C(=O)CCCC(=O)Nc1ccccn1)C(C(=O)NC1CCCC1)c1ccc(Cl)cc1. The van der Waals surface area contributed by atoms with Crippen LogP contribution in [0.15, 0.2) is 72.9 Å². The van der Waals surface area contributed by atoms with Gasteiger partial charge in [-0.3, -0.25) is 19.3 Å². The summed E-state index contributed by atoms with van der Waals surface area (Å²) < 4.78 is 5.59. The van der Waals surface area contributed by atoms with Crippen LogP contribution in [-0.4, -0.2) is 35.9 Å². The third-order valence-corrected chi connectivity index (χ3v) is 6.99. The van der Waals surface area contributed by atoms with Gasteiger partial charge in [0.15, 0.2) is 0 Å². The number of carbonyl (C=O) groups is 3. The average molecular weight is 549 g/mol. The first kappa shape index (κ1) is 28.1. The summed E-state index contributed by atoms with van der Waals surface area (Å²) in [5.74, 6) is 0.115. The number of halogens is 1. The molecule has 39 heavy (non-hydrogen) atoms. The van der Waals surface area contributed by atoms with Crippen LogP contribution in [0.5, 0.6) is 5.75 Å². The van der Waals surface area contributed by atoms with Crippen molar-refractivity contribution >= 4 is 40.8 Å². The highest BCUT2D eigenvalue weighted by Crippen LogP contribution is 2.36. The number of pyridine rings is 1. The number of hydrogen-bond acceptors (Lipinski definition) is 5. The lowest BCUT2D eigenvalue weighted by atomic mass is 10.0. The predicted molar refractivity (Wildman–Crippen MR) is 152 cm³/mol. The maximum atomic E-state index is 13.9. The zero-order valence-corrected chi connectivity index (χ0v) is 22.7. The van der Waals surface area contributed by atoms with Crippen LogP contribution in [0.4, 0.5) is 11.5 Å². The van der Waals surface area contributed by atoms with Gasteiger partial charge in [0, 0.05) is 30.1 Å². The Kier molecular flexibility index (Phi) is 9.91. The van der Waals surface area contributed by atoms with E-state index in [0.29, 0.717) is 34.3 Å². The van der Waals surface area contributed by atoms with E-state index >= 15 is 0 Å². The first-order chi connectivity index (χ1) is 19.0. The molecule has 1 atom stereocenters. The number of rotatable bonds is 11. The zero-order chi connectivity index (χ0) is 27.6. The molecule has 0 spiro atoms. The van der Waals surface area contributed by atoms with E-state index in [2.05, 4.69) is 15.6 Å². The van der Waals surface area contributed by atoms with Gasteiger partial charge in [-0.15, -0.1) is 0 Å². The van der Waals surface area contributed by atoms with Gasteiger partial charge in [-0.1, -0.05) is 54.8 Å². The molecule has 204 valence electrons. The van der Waals surface area contributed by atoms with Gasteiger partial charge in [0.1, 0.15) is 17.6 Å². The van der Waals surface area contributed by atoms with Crippen LogP contribution in [0.3, 0.4) is 0 Å². The summed E-state index contributed by atoms with van der Waals surface area (Å²) >= 11 is 6.15. The van der Waals surface area contributed by atoms with Crippen molar-refractivity contribution in [3.8, 4) is 5.75 Å². The fraction of sp³-hybridized carbons (Fsp3) is 0.333. The molecule has 0 saturated heterocycles. The van der Waals surface area contributed by atoms with Crippen LogP contribution >= 0.6 is 11.6 Å². The van der Waals surface area contributed by atoms with E-state index in [1.165, 1.54) is 12.0 Å². The van der Waals surface area contributed by atoms with Gasteiger partial charge in [0.05, 0.1) is 12.8 Å². The normalized spacial score (nSPS) is 13.9. The quantitative estimate of drug-likeness (QED) is 0.321. The highest BCUT2D eigenvalue weighted by molar-refractivity contribution is 6.30. The Balaban J connectivity index is 1.60. The summed E-state index contributed by atoms with van der Waals surface area (Å²) in [6.07, 6.45) is 6.01. The van der Waals surface area contributed by atoms with Crippen molar-refractivity contribution in [3.63, 3.8) is 0 Å². The number of benzene rings is 2. The molecular formula is C30H33ClN4O4. The van der Waals surface area contributed by atoms with Crippen molar-refractivity contribution in [2.24, 2.45) is 0 Å². The zero-order valence-electron chi connectivity index (χ0n) is 21.9. The number of carbonyl (C=O) groups excluding carboxylic acids is 3. The largest absolute Gasteiger partial charge is 0.495 e. The summed E-state index contributed by atoms with van der Waals surface area (Å²) in [7, 11) is 1.53. The van der Waals surface area contributed by atoms with E-state index in [1.54, 1.807) is 66.9 Å². The molecule has 2 aromatic carbocycles. The van der Waals surface area contributed by atoms with Crippen LogP contribution in [0, 0.1) is 0 Å². The lowest BCUT2D eigenvalue weighted by molar-refractivity contribution is -0.127. The Morgan fingerprint density at radius 3 is 2.41 bits per heavy atom. The van der Waals surface area contributed by atoms with Gasteiger partial charge in [-0.2, -0.15) is 0 Å². The molecule has 1 fully saturated rings. The fourth-order valence-corrected chi connectivity index (χ4v) is 4.95. The number of ether oxygens (including phenoxy) is 1. The highest BCUT2D eigenvalue weighted by Gasteiger charge is 2.35. The van der Waals surface area contributed by atoms with Crippen LogP contribution in [0.2, 0.25) is 5.02 Å². The van der Waals surface area contributed by atoms with Gasteiger partial charge < -0.3 is 15.4 Å². The van der Waals surface area contributed by atoms with Gasteiger partial charge in [0.25, 0.3) is 0 Å². The van der Waals surface area contributed by atoms with E-state index < -0.39 is 6.04 Å². The summed E-state index contributed by atoms with van der Waals surface area (Å²) in [5, 5.41) is 6.42. The van der Waals surface area contributed by atoms with Crippen LogP contribution < -0.4 is 20.3 Å². The Labute approximate surface area is 233 Å². The first-order valence-corrected chi connectivity index (χ1v) is 13.6. The Morgan fingerprint density at radius 2 is 1.72 bits per heavy atom. The molecule has 1 unspecified atom stereocenters. The van der Waals surface area contributed by atoms with E-state index in [9.17, 15) is 14.4 Å². The second-order valence-corrected chi connectivity index (χ2v) is 9.93. The van der Waals surface area contributed by atoms with Gasteiger partial charge in [-0.25, -0.2) is 4.98 Å². The molecule has 3 amide bonds. The second kappa shape index (κ2) is 13.8. The van der Waals surface area contributed by atoms with Crippen LogP contribution in [0.1, 0.15) is 56.6 Å². The minimum atomic E-state index is -0.950. The topological polar surface area (TPSA) is 101 Å². The number of para-hydroxylation sites is 2. The number of hydrogen-bond donors (Lipinski definition) is 2. The minimum absolute atomic E-state index is 0.0501. The fourth-order valence-electron chi connectivity index (χ4n) is 4.82. The molecule has 0 bridgehead atoms. The Bertz CT molecular complexity index is 1260. The third kappa shape index (κ3) is 7.57. The lowest BCUT2D eigenvalue weighted by Crippen LogP contribution is -2.46. The van der Waals surface area contributed by atoms with Crippen LogP contribution in [-0.2, 0) is 14.4 Å². The number of nitrogens with zero attached hydrogens (tertiary/aromatic N) is 2. The number of nitrogens with one attached hydrogen (secondary N) is 2. The van der Waals surface area contributed by atoms with Crippen molar-refractivity contribution in [1.29, 1.82) is 0 Å². The number of anilines is 2. The van der Waals surface area contributed by atoms with E-state index in [0.717, 1.165) is 25.7 Å². The molecule has 1 aromatic heterocycles. The smallest absolute Gasteiger partial charge is 0.248 e. The molecule has 4 rings (SSSR count). The number of aromatic nitrogens is 1. The third-order valence-electron chi connectivity index (χ3n) is 6.73. The molecular weight excluding hydrogens is 516 g/mol. The average Bonchev–Trinajstić information content (AvgIpc) is 3.46. The molecule has 9 heteroatoms. The monoisotopic (exact) mass is 548 g/mol. The summed E-state index contributed by atoms with van der Waals surface area (Å²) in [5.41, 5.74) is 1.10. The maximum Gasteiger partial charge on any atom is 0.248 e. The molecule has 3 aromatic rings. The molecule has 1 aliphatic rings. The summed E-state index contributed by atoms with van der Waals surface area (Å²) in [6.45, 7) is 0. The van der Waals surface area contributed by atoms with Gasteiger partial charge >= 0.3 is 0 Å². The molecule has 1 heterocycles. The highest BCUT2D eigenvalue weighted by atomic mass is 35.5. The summed E-state index contributed by atoms with van der Waals surface area (Å²) in [4.78, 5) is 45.8. The number of methoxy groups -OCH3 is 1. The minimum Gasteiger partial charge on any atom is -0.495 e. The molecule has 0 aliphatic heterocycles. The second-order valence-electron chi connectivity index (χ2n) is 9.50. The first-order valence-electron chi connectivity index (χ1n) is 13.2. The van der Waals surface area contributed by atoms with Crippen molar-refractivity contribution in [2.75, 3.05) is 17.3 Å². The lowest BCUT2D eigenvalue weighted by Gasteiger charge is -2.33. The van der Waals surface area contributed by atoms with Gasteiger partial charge in [-0.05, 0) is 61.2 Å². The van der Waals surface area contributed by atoms with Crippen molar-refractivity contribution in [2.45, 2.75) is 57.0 Å². The van der Waals surface area contributed by atoms with E-state index in [1.807, 2.05) is 6.07 Å².